The minimum absolute atomic E-state index is 0.380. The van der Waals surface area contributed by atoms with Crippen molar-refractivity contribution in [3.8, 4) is 11.5 Å². The number of nitrogen functional groups attached to an aromatic ring is 3. The smallest absolute Gasteiger partial charge is 0.225 e. The first-order chi connectivity index (χ1) is 12.0. The van der Waals surface area contributed by atoms with Crippen molar-refractivity contribution in [3.05, 3.63) is 65.6 Å². The summed E-state index contributed by atoms with van der Waals surface area (Å²) in [4.78, 5) is 7.98. The zero-order valence-electron chi connectivity index (χ0n) is 13.2. The van der Waals surface area contributed by atoms with Gasteiger partial charge in [-0.2, -0.15) is 0 Å². The van der Waals surface area contributed by atoms with Crippen LogP contribution in [0, 0.1) is 0 Å². The van der Waals surface area contributed by atoms with Crippen LogP contribution in [0.25, 0.3) is 22.2 Å². The minimum Gasteiger partial charge on any atom is -0.445 e. The van der Waals surface area contributed by atoms with Crippen LogP contribution in [-0.4, -0.2) is 9.97 Å². The Morgan fingerprint density at radius 1 is 0.920 bits per heavy atom. The Bertz CT molecular complexity index is 979. The van der Waals surface area contributed by atoms with E-state index in [2.05, 4.69) is 25.9 Å². The fourth-order valence-electron chi connectivity index (χ4n) is 2.21. The number of aromatic nitrogens is 2. The zero-order valence-corrected chi connectivity index (χ0v) is 14.8. The molecule has 0 aliphatic rings. The predicted molar refractivity (Wildman–Crippen MR) is 105 cm³/mol. The van der Waals surface area contributed by atoms with E-state index in [1.165, 1.54) is 0 Å². The summed E-state index contributed by atoms with van der Waals surface area (Å²) in [5, 5.41) is 1.93. The molecule has 0 radical (unpaired) electrons. The predicted octanol–water partition coefficient (Wildman–Crippen LogP) is 4.09. The highest BCUT2D eigenvalue weighted by Gasteiger charge is 2.02. The maximum absolute atomic E-state index is 5.78. The molecule has 0 amide bonds. The van der Waals surface area contributed by atoms with Crippen LogP contribution < -0.4 is 17.2 Å². The molecule has 4 aromatic rings. The van der Waals surface area contributed by atoms with Crippen molar-refractivity contribution < 1.29 is 4.42 Å². The van der Waals surface area contributed by atoms with Gasteiger partial charge in [-0.1, -0.05) is 22.0 Å². The molecule has 0 spiro atoms. The maximum atomic E-state index is 5.78. The van der Waals surface area contributed by atoms with E-state index in [1.807, 2.05) is 42.5 Å². The lowest BCUT2D eigenvalue weighted by atomic mass is 10.1. The van der Waals surface area contributed by atoms with Gasteiger partial charge in [0.25, 0.3) is 0 Å². The van der Waals surface area contributed by atoms with Gasteiger partial charge in [0.2, 0.25) is 5.89 Å². The van der Waals surface area contributed by atoms with E-state index in [9.17, 15) is 0 Å². The second kappa shape index (κ2) is 7.23. The van der Waals surface area contributed by atoms with Crippen molar-refractivity contribution in [2.75, 3.05) is 17.2 Å². The Kier molecular flexibility index (Phi) is 4.85. The van der Waals surface area contributed by atoms with E-state index in [0.29, 0.717) is 17.4 Å². The number of rotatable bonds is 1. The highest BCUT2D eigenvalue weighted by Crippen LogP contribution is 2.27. The first-order valence-corrected chi connectivity index (χ1v) is 8.18. The lowest BCUT2D eigenvalue weighted by molar-refractivity contribution is 0.574. The second-order valence-electron chi connectivity index (χ2n) is 5.25. The number of oxazole rings is 1. The van der Waals surface area contributed by atoms with Gasteiger partial charge >= 0.3 is 0 Å². The summed E-state index contributed by atoms with van der Waals surface area (Å²) in [7, 11) is 0. The number of benzene rings is 2. The molecule has 0 atom stereocenters. The Morgan fingerprint density at radius 3 is 2.36 bits per heavy atom. The Morgan fingerprint density at radius 2 is 1.68 bits per heavy atom. The molecule has 6 N–H and O–H groups in total. The molecule has 4 rings (SSSR count). The van der Waals surface area contributed by atoms with Gasteiger partial charge in [-0.15, -0.1) is 0 Å². The third kappa shape index (κ3) is 3.89. The molecule has 126 valence electrons. The quantitative estimate of drug-likeness (QED) is 0.416. The number of fused-ring (bicyclic) bond motifs is 1. The van der Waals surface area contributed by atoms with Gasteiger partial charge in [0.15, 0.2) is 0 Å². The fourth-order valence-corrected chi connectivity index (χ4v) is 2.57. The van der Waals surface area contributed by atoms with E-state index in [1.54, 1.807) is 18.7 Å². The summed E-state index contributed by atoms with van der Waals surface area (Å²) < 4.78 is 6.09. The van der Waals surface area contributed by atoms with E-state index < -0.39 is 0 Å². The summed E-state index contributed by atoms with van der Waals surface area (Å²) >= 11 is 3.37. The van der Waals surface area contributed by atoms with Gasteiger partial charge in [0.1, 0.15) is 12.1 Å². The summed E-state index contributed by atoms with van der Waals surface area (Å²) in [5.74, 6) is 1.00. The van der Waals surface area contributed by atoms with Gasteiger partial charge in [-0.25, -0.2) is 9.97 Å². The van der Waals surface area contributed by atoms with Gasteiger partial charge in [0, 0.05) is 32.7 Å². The topological polar surface area (TPSA) is 117 Å². The van der Waals surface area contributed by atoms with Crippen LogP contribution in [-0.2, 0) is 0 Å². The Hall–Kier alpha value is -3.06. The number of nitrogens with two attached hydrogens (primary N) is 3. The van der Waals surface area contributed by atoms with Crippen molar-refractivity contribution in [1.82, 2.24) is 9.97 Å². The number of anilines is 3. The summed E-state index contributed by atoms with van der Waals surface area (Å²) in [5.41, 5.74) is 19.1. The van der Waals surface area contributed by atoms with Gasteiger partial charge < -0.3 is 21.6 Å². The van der Waals surface area contributed by atoms with E-state index in [0.717, 1.165) is 26.5 Å². The van der Waals surface area contributed by atoms with Crippen molar-refractivity contribution in [1.29, 1.82) is 0 Å². The third-order valence-corrected chi connectivity index (χ3v) is 4.01. The van der Waals surface area contributed by atoms with E-state index in [-0.39, 0.29) is 0 Å². The van der Waals surface area contributed by atoms with Crippen LogP contribution in [0.15, 0.2) is 70.0 Å². The normalized spacial score (nSPS) is 10.3. The number of hydrogen-bond acceptors (Lipinski definition) is 6. The van der Waals surface area contributed by atoms with Crippen molar-refractivity contribution in [3.63, 3.8) is 0 Å². The van der Waals surface area contributed by atoms with Gasteiger partial charge in [-0.05, 0) is 36.4 Å². The number of halogens is 1. The highest BCUT2D eigenvalue weighted by atomic mass is 79.9. The molecule has 6 nitrogen and oxygen atoms in total. The van der Waals surface area contributed by atoms with Crippen LogP contribution in [0.1, 0.15) is 0 Å². The first-order valence-electron chi connectivity index (χ1n) is 7.39. The Balaban J connectivity index is 0.000000146. The summed E-state index contributed by atoms with van der Waals surface area (Å²) in [6.45, 7) is 0. The molecule has 2 aromatic carbocycles. The number of pyridine rings is 1. The molecule has 0 fully saturated rings. The van der Waals surface area contributed by atoms with Crippen LogP contribution in [0.3, 0.4) is 0 Å². The lowest BCUT2D eigenvalue weighted by Gasteiger charge is -2.04. The molecule has 7 heteroatoms. The Labute approximate surface area is 152 Å². The third-order valence-electron chi connectivity index (χ3n) is 3.51. The van der Waals surface area contributed by atoms with Gasteiger partial charge in [-0.3, -0.25) is 0 Å². The zero-order chi connectivity index (χ0) is 17.8. The minimum atomic E-state index is 0.380. The molecule has 2 heterocycles. The molecular weight excluding hydrogens is 382 g/mol. The number of nitrogens with zero attached hydrogens (tertiary/aromatic N) is 2. The fraction of sp³-hybridized carbons (Fsp3) is 0. The molecule has 0 unspecified atom stereocenters. The molecular formula is C18H16BrN5O. The average molecular weight is 398 g/mol. The average Bonchev–Trinajstić information content (AvgIpc) is 3.14. The van der Waals surface area contributed by atoms with Crippen LogP contribution in [0.2, 0.25) is 0 Å². The van der Waals surface area contributed by atoms with Crippen molar-refractivity contribution in [2.24, 2.45) is 0 Å². The molecule has 0 aliphatic heterocycles. The van der Waals surface area contributed by atoms with Crippen molar-refractivity contribution >= 4 is 43.9 Å². The highest BCUT2D eigenvalue weighted by molar-refractivity contribution is 9.10. The van der Waals surface area contributed by atoms with Gasteiger partial charge in [0.05, 0.1) is 11.9 Å². The number of hydrogen-bond donors (Lipinski definition) is 3. The second-order valence-corrected chi connectivity index (χ2v) is 6.16. The van der Waals surface area contributed by atoms with E-state index in [4.69, 9.17) is 21.6 Å². The first kappa shape index (κ1) is 16.8. The maximum Gasteiger partial charge on any atom is 0.225 e. The standard InChI is InChI=1S/C9H8BrN3.C9H8N2O/c10-6-2-1-5-4-13-9(12)8(11)7(5)3-6;10-8-3-1-7(2-4-8)9-11-5-6-12-9/h1-4H,11H2,(H2,12,13);1-6H,10H2. The van der Waals surface area contributed by atoms with Crippen LogP contribution >= 0.6 is 15.9 Å². The largest absolute Gasteiger partial charge is 0.445 e. The monoisotopic (exact) mass is 397 g/mol. The molecule has 25 heavy (non-hydrogen) atoms. The SMILES string of the molecule is Nc1ccc(-c2ncco2)cc1.Nc1ncc2ccc(Br)cc2c1N. The molecule has 0 saturated heterocycles. The molecule has 0 aliphatic carbocycles. The molecule has 0 bridgehead atoms. The summed E-state index contributed by atoms with van der Waals surface area (Å²) in [6, 6.07) is 13.2. The molecule has 2 aromatic heterocycles. The van der Waals surface area contributed by atoms with Crippen molar-refractivity contribution in [2.45, 2.75) is 0 Å². The van der Waals surface area contributed by atoms with Crippen LogP contribution in [0.5, 0.6) is 0 Å². The summed E-state index contributed by atoms with van der Waals surface area (Å²) in [6.07, 6.45) is 4.88. The van der Waals surface area contributed by atoms with Crippen LogP contribution in [0.4, 0.5) is 17.2 Å². The lowest BCUT2D eigenvalue weighted by Crippen LogP contribution is -1.98. The molecule has 0 saturated carbocycles. The van der Waals surface area contributed by atoms with E-state index >= 15 is 0 Å².